The van der Waals surface area contributed by atoms with E-state index in [0.717, 1.165) is 38.8 Å². The summed E-state index contributed by atoms with van der Waals surface area (Å²) in [5, 5.41) is 3.41. The van der Waals surface area contributed by atoms with E-state index in [2.05, 4.69) is 5.32 Å². The van der Waals surface area contributed by atoms with Crippen LogP contribution in [0.5, 0.6) is 0 Å². The van der Waals surface area contributed by atoms with Crippen LogP contribution in [0, 0.1) is 5.41 Å². The van der Waals surface area contributed by atoms with Gasteiger partial charge in [-0.3, -0.25) is 4.79 Å². The summed E-state index contributed by atoms with van der Waals surface area (Å²) in [5.74, 6) is -1.18. The van der Waals surface area contributed by atoms with E-state index in [1.165, 1.54) is 0 Å². The van der Waals surface area contributed by atoms with Gasteiger partial charge in [-0.25, -0.2) is 4.79 Å². The molecule has 0 saturated carbocycles. The standard InChI is InChI=1S/C13H22N2O3/c1-2-18-12(17)11(16)15-8-4-6-13(10-15)5-3-7-14-9-13/h14H,2-10H2,1H3. The summed E-state index contributed by atoms with van der Waals surface area (Å²) in [4.78, 5) is 25.1. The Kier molecular flexibility index (Phi) is 4.22. The van der Waals surface area contributed by atoms with Crippen LogP contribution in [0.2, 0.25) is 0 Å². The molecule has 1 atom stereocenters. The third kappa shape index (κ3) is 2.83. The maximum Gasteiger partial charge on any atom is 0.397 e. The Morgan fingerprint density at radius 3 is 2.78 bits per heavy atom. The van der Waals surface area contributed by atoms with Gasteiger partial charge in [0.1, 0.15) is 0 Å². The molecule has 2 rings (SSSR count). The number of likely N-dealkylation sites (tertiary alicyclic amines) is 1. The smallest absolute Gasteiger partial charge is 0.397 e. The molecule has 0 radical (unpaired) electrons. The second-order valence-electron chi connectivity index (χ2n) is 5.33. The first-order valence-electron chi connectivity index (χ1n) is 6.84. The number of piperidine rings is 2. The quantitative estimate of drug-likeness (QED) is 0.548. The van der Waals surface area contributed by atoms with Gasteiger partial charge in [0.05, 0.1) is 6.61 Å². The molecule has 1 spiro atoms. The van der Waals surface area contributed by atoms with Crippen molar-refractivity contribution in [2.45, 2.75) is 32.6 Å². The lowest BCUT2D eigenvalue weighted by Gasteiger charge is -2.45. The Bertz CT molecular complexity index is 319. The summed E-state index contributed by atoms with van der Waals surface area (Å²) in [6.45, 7) is 5.36. The first kappa shape index (κ1) is 13.3. The van der Waals surface area contributed by atoms with Crippen LogP contribution >= 0.6 is 0 Å². The number of amides is 1. The lowest BCUT2D eigenvalue weighted by Crippen LogP contribution is -2.54. The number of hydrogen-bond donors (Lipinski definition) is 1. The van der Waals surface area contributed by atoms with Crippen molar-refractivity contribution in [1.29, 1.82) is 0 Å². The Labute approximate surface area is 108 Å². The van der Waals surface area contributed by atoms with E-state index in [0.29, 0.717) is 13.1 Å². The van der Waals surface area contributed by atoms with E-state index in [1.54, 1.807) is 11.8 Å². The molecule has 0 aromatic carbocycles. The van der Waals surface area contributed by atoms with Gasteiger partial charge in [0.15, 0.2) is 0 Å². The molecule has 0 bridgehead atoms. The number of nitrogens with zero attached hydrogens (tertiary/aromatic N) is 1. The average molecular weight is 254 g/mol. The summed E-state index contributed by atoms with van der Waals surface area (Å²) in [7, 11) is 0. The van der Waals surface area contributed by atoms with Gasteiger partial charge in [0, 0.05) is 25.0 Å². The van der Waals surface area contributed by atoms with Crippen molar-refractivity contribution in [2.24, 2.45) is 5.41 Å². The number of nitrogens with one attached hydrogen (secondary N) is 1. The first-order valence-corrected chi connectivity index (χ1v) is 6.84. The molecule has 5 nitrogen and oxygen atoms in total. The highest BCUT2D eigenvalue weighted by Crippen LogP contribution is 2.35. The summed E-state index contributed by atoms with van der Waals surface area (Å²) in [5.41, 5.74) is 0.179. The van der Waals surface area contributed by atoms with Crippen molar-refractivity contribution in [3.05, 3.63) is 0 Å². The maximum atomic E-state index is 11.9. The van der Waals surface area contributed by atoms with E-state index < -0.39 is 11.9 Å². The SMILES string of the molecule is CCOC(=O)C(=O)N1CCCC2(CCCNC2)C1. The van der Waals surface area contributed by atoms with Crippen molar-refractivity contribution in [3.63, 3.8) is 0 Å². The fourth-order valence-corrected chi connectivity index (χ4v) is 3.08. The molecule has 2 aliphatic rings. The summed E-state index contributed by atoms with van der Waals surface area (Å²) >= 11 is 0. The van der Waals surface area contributed by atoms with Gasteiger partial charge in [-0.1, -0.05) is 0 Å². The third-order valence-corrected chi connectivity index (χ3v) is 3.96. The number of ether oxygens (including phenoxy) is 1. The molecule has 0 aromatic heterocycles. The number of carbonyl (C=O) groups excluding carboxylic acids is 2. The zero-order valence-electron chi connectivity index (χ0n) is 11.0. The van der Waals surface area contributed by atoms with Crippen LogP contribution in [0.1, 0.15) is 32.6 Å². The highest BCUT2D eigenvalue weighted by molar-refractivity contribution is 6.32. The van der Waals surface area contributed by atoms with Gasteiger partial charge < -0.3 is 15.0 Å². The topological polar surface area (TPSA) is 58.6 Å². The van der Waals surface area contributed by atoms with E-state index >= 15 is 0 Å². The van der Waals surface area contributed by atoms with E-state index in [9.17, 15) is 9.59 Å². The third-order valence-electron chi connectivity index (χ3n) is 3.96. The van der Waals surface area contributed by atoms with E-state index in [-0.39, 0.29) is 12.0 Å². The zero-order valence-corrected chi connectivity index (χ0v) is 11.0. The number of carbonyl (C=O) groups is 2. The number of esters is 1. The molecule has 5 heteroatoms. The molecule has 0 aromatic rings. The van der Waals surface area contributed by atoms with Crippen LogP contribution in [0.25, 0.3) is 0 Å². The summed E-state index contributed by atoms with van der Waals surface area (Å²) in [6.07, 6.45) is 4.42. The molecule has 1 unspecified atom stereocenters. The fraction of sp³-hybridized carbons (Fsp3) is 0.846. The molecule has 102 valence electrons. The monoisotopic (exact) mass is 254 g/mol. The molecule has 1 N–H and O–H groups in total. The largest absolute Gasteiger partial charge is 0.459 e. The predicted molar refractivity (Wildman–Crippen MR) is 67.0 cm³/mol. The van der Waals surface area contributed by atoms with Gasteiger partial charge in [-0.05, 0) is 39.2 Å². The molecular weight excluding hydrogens is 232 g/mol. The van der Waals surface area contributed by atoms with Crippen LogP contribution in [0.15, 0.2) is 0 Å². The highest BCUT2D eigenvalue weighted by Gasteiger charge is 2.39. The molecule has 1 amide bonds. The average Bonchev–Trinajstić information content (AvgIpc) is 2.39. The minimum Gasteiger partial charge on any atom is -0.459 e. The summed E-state index contributed by atoms with van der Waals surface area (Å²) in [6, 6.07) is 0. The van der Waals surface area contributed by atoms with Crippen LogP contribution in [0.3, 0.4) is 0 Å². The highest BCUT2D eigenvalue weighted by atomic mass is 16.5. The molecule has 2 heterocycles. The van der Waals surface area contributed by atoms with Gasteiger partial charge in [-0.15, -0.1) is 0 Å². The Balaban J connectivity index is 1.97. The normalized spacial score (nSPS) is 28.2. The second-order valence-corrected chi connectivity index (χ2v) is 5.33. The van der Waals surface area contributed by atoms with Crippen molar-refractivity contribution in [2.75, 3.05) is 32.8 Å². The van der Waals surface area contributed by atoms with Crippen molar-refractivity contribution < 1.29 is 14.3 Å². The Morgan fingerprint density at radius 1 is 1.33 bits per heavy atom. The molecular formula is C13H22N2O3. The second kappa shape index (κ2) is 5.69. The molecule has 0 aliphatic carbocycles. The minimum atomic E-state index is -0.710. The Morgan fingerprint density at radius 2 is 2.11 bits per heavy atom. The predicted octanol–water partition coefficient (Wildman–Crippen LogP) is 0.542. The lowest BCUT2D eigenvalue weighted by molar-refractivity contribution is -0.161. The van der Waals surface area contributed by atoms with Crippen molar-refractivity contribution in [3.8, 4) is 0 Å². The van der Waals surface area contributed by atoms with Gasteiger partial charge in [-0.2, -0.15) is 0 Å². The fourth-order valence-electron chi connectivity index (χ4n) is 3.08. The minimum absolute atomic E-state index is 0.179. The van der Waals surface area contributed by atoms with Crippen LogP contribution in [-0.2, 0) is 14.3 Å². The zero-order chi connectivity index (χ0) is 13.0. The molecule has 18 heavy (non-hydrogen) atoms. The van der Waals surface area contributed by atoms with E-state index in [1.807, 2.05) is 0 Å². The molecule has 2 aliphatic heterocycles. The first-order chi connectivity index (χ1) is 8.67. The van der Waals surface area contributed by atoms with Crippen molar-refractivity contribution in [1.82, 2.24) is 10.2 Å². The maximum absolute atomic E-state index is 11.9. The summed E-state index contributed by atoms with van der Waals surface area (Å²) < 4.78 is 4.79. The van der Waals surface area contributed by atoms with Crippen LogP contribution in [0.4, 0.5) is 0 Å². The van der Waals surface area contributed by atoms with Gasteiger partial charge in [0.25, 0.3) is 0 Å². The number of hydrogen-bond acceptors (Lipinski definition) is 4. The molecule has 2 fully saturated rings. The number of rotatable bonds is 1. The van der Waals surface area contributed by atoms with Crippen molar-refractivity contribution >= 4 is 11.9 Å². The van der Waals surface area contributed by atoms with Crippen LogP contribution in [-0.4, -0.2) is 49.6 Å². The van der Waals surface area contributed by atoms with Crippen LogP contribution < -0.4 is 5.32 Å². The van der Waals surface area contributed by atoms with E-state index in [4.69, 9.17) is 4.74 Å². The van der Waals surface area contributed by atoms with Gasteiger partial charge >= 0.3 is 11.9 Å². The lowest BCUT2D eigenvalue weighted by atomic mass is 9.74. The van der Waals surface area contributed by atoms with Gasteiger partial charge in [0.2, 0.25) is 0 Å². The Hall–Kier alpha value is -1.10. The molecule has 2 saturated heterocycles.